The van der Waals surface area contributed by atoms with Crippen LogP contribution in [0.3, 0.4) is 0 Å². The third-order valence-corrected chi connectivity index (χ3v) is 18.3. The van der Waals surface area contributed by atoms with Crippen LogP contribution in [-0.2, 0) is 65.4 Å². The SMILES string of the molecule is CC/C=C\C/C=C\C/C=C\C/C=C\C/C=C\CCCCCC(=O)OCC(COP(=O)(O)OCC(O)COP(=O)(O)OCC(COC(=O)CCCCCCC/C=C\C/C=C\CCCCC)OC(=O)CCCCCCCCCCCCC)OC(=O)CCCCCCCCCCCCCCC. The van der Waals surface area contributed by atoms with E-state index < -0.39 is 97.5 Å². The molecule has 0 amide bonds. The summed E-state index contributed by atoms with van der Waals surface area (Å²) in [6, 6.07) is 0. The Balaban J connectivity index is 5.33. The van der Waals surface area contributed by atoms with E-state index in [4.69, 9.17) is 37.0 Å². The van der Waals surface area contributed by atoms with Crippen LogP contribution in [0, 0.1) is 0 Å². The van der Waals surface area contributed by atoms with Gasteiger partial charge in [-0.2, -0.15) is 0 Å². The zero-order valence-corrected chi connectivity index (χ0v) is 63.7. The number of unbranched alkanes of at least 4 members (excludes halogenated alkanes) is 33. The molecule has 568 valence electrons. The summed E-state index contributed by atoms with van der Waals surface area (Å²) in [5, 5.41) is 10.6. The van der Waals surface area contributed by atoms with Crippen molar-refractivity contribution in [3.63, 3.8) is 0 Å². The molecule has 0 fully saturated rings. The summed E-state index contributed by atoms with van der Waals surface area (Å²) in [5.41, 5.74) is 0. The summed E-state index contributed by atoms with van der Waals surface area (Å²) >= 11 is 0. The van der Waals surface area contributed by atoms with Gasteiger partial charge in [0.1, 0.15) is 19.3 Å². The number of phosphoric ester groups is 2. The lowest BCUT2D eigenvalue weighted by molar-refractivity contribution is -0.161. The molecule has 0 spiro atoms. The van der Waals surface area contributed by atoms with Crippen LogP contribution in [0.5, 0.6) is 0 Å². The van der Waals surface area contributed by atoms with E-state index in [1.165, 1.54) is 109 Å². The number of phosphoric acid groups is 2. The maximum atomic E-state index is 13.1. The summed E-state index contributed by atoms with van der Waals surface area (Å²) in [6.07, 6.45) is 72.8. The molecular formula is C79H140O17P2. The van der Waals surface area contributed by atoms with Crippen molar-refractivity contribution >= 4 is 39.5 Å². The molecule has 0 saturated heterocycles. The molecule has 98 heavy (non-hydrogen) atoms. The van der Waals surface area contributed by atoms with Crippen molar-refractivity contribution in [2.75, 3.05) is 39.6 Å². The second kappa shape index (κ2) is 71.6. The fourth-order valence-electron chi connectivity index (χ4n) is 10.5. The lowest BCUT2D eigenvalue weighted by Gasteiger charge is -2.21. The first kappa shape index (κ1) is 94.2. The Kier molecular flexibility index (Phi) is 68.9. The Morgan fingerprint density at radius 1 is 0.296 bits per heavy atom. The number of hydrogen-bond donors (Lipinski definition) is 3. The third kappa shape index (κ3) is 70.7. The number of allylic oxidation sites excluding steroid dienone is 14. The van der Waals surface area contributed by atoms with Crippen LogP contribution in [-0.4, -0.2) is 96.7 Å². The molecule has 0 aromatic rings. The van der Waals surface area contributed by atoms with Crippen molar-refractivity contribution < 1.29 is 80.2 Å². The zero-order valence-electron chi connectivity index (χ0n) is 62.0. The molecule has 0 heterocycles. The fraction of sp³-hybridized carbons (Fsp3) is 0.772. The second-order valence-electron chi connectivity index (χ2n) is 25.9. The largest absolute Gasteiger partial charge is 0.472 e. The van der Waals surface area contributed by atoms with E-state index in [0.717, 1.165) is 148 Å². The molecule has 0 rings (SSSR count). The minimum Gasteiger partial charge on any atom is -0.462 e. The molecule has 0 aliphatic heterocycles. The van der Waals surface area contributed by atoms with Gasteiger partial charge in [0.15, 0.2) is 12.2 Å². The van der Waals surface area contributed by atoms with E-state index in [1.54, 1.807) is 0 Å². The monoisotopic (exact) mass is 1420 g/mol. The number of aliphatic hydroxyl groups excluding tert-OH is 1. The molecule has 5 atom stereocenters. The summed E-state index contributed by atoms with van der Waals surface area (Å²) in [7, 11) is -9.95. The van der Waals surface area contributed by atoms with Gasteiger partial charge >= 0.3 is 39.5 Å². The van der Waals surface area contributed by atoms with Crippen LogP contribution in [0.1, 0.15) is 336 Å². The number of ether oxygens (including phenoxy) is 4. The van der Waals surface area contributed by atoms with Crippen LogP contribution in [0.4, 0.5) is 0 Å². The molecule has 5 unspecified atom stereocenters. The molecule has 19 heteroatoms. The molecule has 0 saturated carbocycles. The first-order valence-corrected chi connectivity index (χ1v) is 41.8. The van der Waals surface area contributed by atoms with Gasteiger partial charge in [0, 0.05) is 25.7 Å². The molecule has 0 aliphatic rings. The summed E-state index contributed by atoms with van der Waals surface area (Å²) in [6.45, 7) is 4.71. The van der Waals surface area contributed by atoms with Gasteiger partial charge < -0.3 is 33.8 Å². The Bertz CT molecular complexity index is 2190. The van der Waals surface area contributed by atoms with Gasteiger partial charge in [-0.1, -0.05) is 293 Å². The number of esters is 4. The second-order valence-corrected chi connectivity index (χ2v) is 28.8. The quantitative estimate of drug-likeness (QED) is 0.0169. The lowest BCUT2D eigenvalue weighted by Crippen LogP contribution is -2.30. The Morgan fingerprint density at radius 3 is 0.847 bits per heavy atom. The summed E-state index contributed by atoms with van der Waals surface area (Å²) in [4.78, 5) is 72.8. The van der Waals surface area contributed by atoms with E-state index in [2.05, 4.69) is 113 Å². The molecular weight excluding hydrogens is 1280 g/mol. The molecule has 3 N–H and O–H groups in total. The zero-order chi connectivity index (χ0) is 71.8. The van der Waals surface area contributed by atoms with Crippen LogP contribution in [0.2, 0.25) is 0 Å². The number of hydrogen-bond acceptors (Lipinski definition) is 15. The Labute approximate surface area is 595 Å². The van der Waals surface area contributed by atoms with Crippen molar-refractivity contribution in [2.24, 2.45) is 0 Å². The fourth-order valence-corrected chi connectivity index (χ4v) is 12.0. The standard InChI is InChI=1S/C79H140O17P2/c1-5-9-13-17-21-25-29-32-34-35-36-37-39-42-45-48-52-56-60-64-77(82)90-70-75(96-79(84)66-62-58-54-50-46-40-31-27-23-19-15-11-7-3)72-94-98(87,88)92-68-73(80)67-91-97(85,86)93-71-74(95-78(83)65-61-57-53-49-43-28-24-20-16-12-8-4)69-89-76(81)63-59-55-51-47-44-41-38-33-30-26-22-18-14-10-6-2/h9,13,21-22,25-26,32-34,36-38,42,45,73-75,80H,5-8,10-12,14-20,23-24,27-31,35,39-41,43-44,46-72H2,1-4H3,(H,85,86)(H,87,88)/b13-9-,25-21-,26-22-,34-32-,37-36-,38-33-,45-42-. The predicted octanol–water partition coefficient (Wildman–Crippen LogP) is 22.2. The van der Waals surface area contributed by atoms with Gasteiger partial charge in [0.2, 0.25) is 0 Å². The van der Waals surface area contributed by atoms with E-state index in [1.807, 2.05) is 0 Å². The van der Waals surface area contributed by atoms with Crippen LogP contribution in [0.25, 0.3) is 0 Å². The molecule has 0 bridgehead atoms. The van der Waals surface area contributed by atoms with Gasteiger partial charge in [-0.05, 0) is 103 Å². The minimum absolute atomic E-state index is 0.0912. The average molecular weight is 1420 g/mol. The number of carbonyl (C=O) groups excluding carboxylic acids is 4. The van der Waals surface area contributed by atoms with Crippen molar-refractivity contribution in [3.05, 3.63) is 85.1 Å². The molecule has 0 aromatic heterocycles. The highest BCUT2D eigenvalue weighted by atomic mass is 31.2. The first-order valence-electron chi connectivity index (χ1n) is 38.8. The predicted molar refractivity (Wildman–Crippen MR) is 399 cm³/mol. The molecule has 0 aromatic carbocycles. The van der Waals surface area contributed by atoms with Crippen LogP contribution >= 0.6 is 15.6 Å². The molecule has 0 aliphatic carbocycles. The van der Waals surface area contributed by atoms with Gasteiger partial charge in [-0.25, -0.2) is 9.13 Å². The van der Waals surface area contributed by atoms with E-state index in [0.29, 0.717) is 25.7 Å². The maximum absolute atomic E-state index is 13.1. The molecule has 17 nitrogen and oxygen atoms in total. The number of aliphatic hydroxyl groups is 1. The topological polar surface area (TPSA) is 237 Å². The van der Waals surface area contributed by atoms with Crippen LogP contribution in [0.15, 0.2) is 85.1 Å². The van der Waals surface area contributed by atoms with Gasteiger partial charge in [-0.3, -0.25) is 37.3 Å². The Morgan fingerprint density at radius 2 is 0.531 bits per heavy atom. The lowest BCUT2D eigenvalue weighted by atomic mass is 10.0. The first-order chi connectivity index (χ1) is 47.7. The van der Waals surface area contributed by atoms with Crippen LogP contribution < -0.4 is 0 Å². The van der Waals surface area contributed by atoms with Crippen molar-refractivity contribution in [2.45, 2.75) is 354 Å². The number of carbonyl (C=O) groups is 4. The Hall–Kier alpha value is -3.76. The van der Waals surface area contributed by atoms with Gasteiger partial charge in [0.25, 0.3) is 0 Å². The van der Waals surface area contributed by atoms with E-state index in [9.17, 15) is 43.2 Å². The van der Waals surface area contributed by atoms with E-state index >= 15 is 0 Å². The van der Waals surface area contributed by atoms with E-state index in [-0.39, 0.29) is 25.7 Å². The highest BCUT2D eigenvalue weighted by Gasteiger charge is 2.30. The highest BCUT2D eigenvalue weighted by molar-refractivity contribution is 7.47. The van der Waals surface area contributed by atoms with Crippen molar-refractivity contribution in [3.8, 4) is 0 Å². The summed E-state index contributed by atoms with van der Waals surface area (Å²) in [5.74, 6) is -2.20. The third-order valence-electron chi connectivity index (χ3n) is 16.4. The molecule has 0 radical (unpaired) electrons. The highest BCUT2D eigenvalue weighted by Crippen LogP contribution is 2.45. The van der Waals surface area contributed by atoms with Crippen molar-refractivity contribution in [1.29, 1.82) is 0 Å². The average Bonchev–Trinajstić information content (AvgIpc) is 0.972. The van der Waals surface area contributed by atoms with Gasteiger partial charge in [0.05, 0.1) is 26.4 Å². The normalized spacial score (nSPS) is 14.4. The van der Waals surface area contributed by atoms with Crippen molar-refractivity contribution in [1.82, 2.24) is 0 Å². The minimum atomic E-state index is -4.98. The summed E-state index contributed by atoms with van der Waals surface area (Å²) < 4.78 is 68.4. The smallest absolute Gasteiger partial charge is 0.462 e. The maximum Gasteiger partial charge on any atom is 0.472 e. The van der Waals surface area contributed by atoms with Gasteiger partial charge in [-0.15, -0.1) is 0 Å². The number of rotatable bonds is 73.